The van der Waals surface area contributed by atoms with Gasteiger partial charge < -0.3 is 0 Å². The highest BCUT2D eigenvalue weighted by molar-refractivity contribution is 7.98. The predicted octanol–water partition coefficient (Wildman–Crippen LogP) is 8.14. The summed E-state index contributed by atoms with van der Waals surface area (Å²) in [6, 6.07) is 19.8. The van der Waals surface area contributed by atoms with Gasteiger partial charge in [0, 0.05) is 37.6 Å². The molecule has 1 radical (unpaired) electrons. The van der Waals surface area contributed by atoms with E-state index in [-0.39, 0.29) is 8.31 Å². The van der Waals surface area contributed by atoms with E-state index in [2.05, 4.69) is 92.9 Å². The fourth-order valence-electron chi connectivity index (χ4n) is 4.55. The quantitative estimate of drug-likeness (QED) is 0.205. The van der Waals surface area contributed by atoms with E-state index in [1.807, 2.05) is 33.6 Å². The Morgan fingerprint density at radius 1 is 0.700 bits per heavy atom. The number of hydrogen-bond acceptors (Lipinski definition) is 3. The lowest BCUT2D eigenvalue weighted by atomic mass is 10.3. The van der Waals surface area contributed by atoms with Gasteiger partial charge in [-0.3, -0.25) is 0 Å². The van der Waals surface area contributed by atoms with Crippen LogP contribution in [-0.4, -0.2) is 26.1 Å². The second-order valence-corrected chi connectivity index (χ2v) is 23.9. The van der Waals surface area contributed by atoms with Crippen molar-refractivity contribution in [2.45, 2.75) is 51.9 Å². The second kappa shape index (κ2) is 9.80. The van der Waals surface area contributed by atoms with Crippen molar-refractivity contribution in [3.8, 4) is 19.5 Å². The van der Waals surface area contributed by atoms with Crippen LogP contribution in [0.4, 0.5) is 0 Å². The van der Waals surface area contributed by atoms with E-state index in [0.717, 1.165) is 0 Å². The van der Waals surface area contributed by atoms with Crippen LogP contribution in [0.15, 0.2) is 48.6 Å². The second-order valence-electron chi connectivity index (χ2n) is 7.57. The SMILES string of the molecule is CC[Si](CC)[Si](CC)(CC)c1ccc(-c2ccc(-c3ccc(C4=S=CC=C4)s3)s2)s1. The molecule has 0 aliphatic carbocycles. The average molecular weight is 502 g/mol. The molecule has 0 atom stereocenters. The topological polar surface area (TPSA) is 0 Å². The number of allylic oxidation sites excluding steroid dienone is 2. The molecule has 30 heavy (non-hydrogen) atoms. The van der Waals surface area contributed by atoms with Crippen molar-refractivity contribution in [1.29, 1.82) is 0 Å². The summed E-state index contributed by atoms with van der Waals surface area (Å²) in [4.78, 5) is 8.45. The maximum absolute atomic E-state index is 2.51. The minimum absolute atomic E-state index is 0.244. The average Bonchev–Trinajstić information content (AvgIpc) is 3.57. The van der Waals surface area contributed by atoms with Crippen molar-refractivity contribution in [2.75, 3.05) is 0 Å². The molecule has 0 bridgehead atoms. The maximum Gasteiger partial charge on any atom is 0.0896 e. The Morgan fingerprint density at radius 2 is 1.23 bits per heavy atom. The number of thiophene rings is 3. The largest absolute Gasteiger partial charge is 0.144 e. The summed E-state index contributed by atoms with van der Waals surface area (Å²) in [7, 11) is 0.262. The molecule has 3 aromatic rings. The van der Waals surface area contributed by atoms with Gasteiger partial charge in [0.05, 0.1) is 7.59 Å². The summed E-state index contributed by atoms with van der Waals surface area (Å²) < 4.78 is 1.77. The molecule has 6 heteroatoms. The fraction of sp³-hybridized carbons (Fsp3) is 0.333. The van der Waals surface area contributed by atoms with Crippen LogP contribution in [0.2, 0.25) is 24.2 Å². The molecule has 1 aliphatic heterocycles. The van der Waals surface area contributed by atoms with Crippen LogP contribution in [0.1, 0.15) is 32.6 Å². The zero-order chi connectivity index (χ0) is 21.1. The Bertz CT molecular complexity index is 1100. The summed E-state index contributed by atoms with van der Waals surface area (Å²) in [6.45, 7) is 9.82. The number of rotatable bonds is 9. The standard InChI is InChI=1S/C24H29S4Si2/c1-5-29(6-2)30(7-3,8-4)24-16-15-23(28-24)22-14-13-21(27-22)20-12-11-19(26-20)18-10-9-17-25-18/h9-17H,5-8H2,1-4H3. The van der Waals surface area contributed by atoms with Crippen molar-refractivity contribution in [3.05, 3.63) is 53.4 Å². The molecule has 0 spiro atoms. The van der Waals surface area contributed by atoms with Crippen LogP contribution < -0.4 is 4.50 Å². The highest BCUT2D eigenvalue weighted by Gasteiger charge is 2.40. The lowest BCUT2D eigenvalue weighted by Gasteiger charge is -2.35. The Balaban J connectivity index is 1.61. The summed E-state index contributed by atoms with van der Waals surface area (Å²) in [5.74, 6) is 0. The molecule has 3 aromatic heterocycles. The van der Waals surface area contributed by atoms with Crippen LogP contribution in [0.25, 0.3) is 19.5 Å². The molecule has 4 heterocycles. The van der Waals surface area contributed by atoms with Gasteiger partial charge in [0.1, 0.15) is 0 Å². The van der Waals surface area contributed by atoms with E-state index in [0.29, 0.717) is 0 Å². The fourth-order valence-corrected chi connectivity index (χ4v) is 25.2. The van der Waals surface area contributed by atoms with Gasteiger partial charge in [0.15, 0.2) is 0 Å². The van der Waals surface area contributed by atoms with Crippen molar-refractivity contribution < 1.29 is 0 Å². The summed E-state index contributed by atoms with van der Waals surface area (Å²) in [5, 5.41) is 2.16. The van der Waals surface area contributed by atoms with Crippen LogP contribution in [-0.2, 0) is 0 Å². The van der Waals surface area contributed by atoms with Gasteiger partial charge in [-0.1, -0.05) is 64.0 Å². The Hall–Kier alpha value is -0.766. The minimum atomic E-state index is -1.32. The van der Waals surface area contributed by atoms with Crippen LogP contribution in [0, 0.1) is 0 Å². The Labute approximate surface area is 199 Å². The van der Waals surface area contributed by atoms with Gasteiger partial charge in [0.2, 0.25) is 0 Å². The molecule has 0 N–H and O–H groups in total. The zero-order valence-electron chi connectivity index (χ0n) is 18.2. The minimum Gasteiger partial charge on any atom is -0.144 e. The lowest BCUT2D eigenvalue weighted by Crippen LogP contribution is -2.58. The first-order valence-electron chi connectivity index (χ1n) is 10.8. The van der Waals surface area contributed by atoms with Crippen LogP contribution in [0.5, 0.6) is 0 Å². The summed E-state index contributed by atoms with van der Waals surface area (Å²) in [6.07, 6.45) is 4.35. The smallest absolute Gasteiger partial charge is 0.0896 e. The first kappa shape index (κ1) is 22.4. The molecule has 0 aromatic carbocycles. The van der Waals surface area contributed by atoms with E-state index < -0.39 is 7.59 Å². The molecule has 0 saturated heterocycles. The lowest BCUT2D eigenvalue weighted by molar-refractivity contribution is 1.27. The molecule has 0 nitrogen and oxygen atoms in total. The Morgan fingerprint density at radius 3 is 1.77 bits per heavy atom. The van der Waals surface area contributed by atoms with Crippen molar-refractivity contribution >= 4 is 75.6 Å². The monoisotopic (exact) mass is 501 g/mol. The third-order valence-electron chi connectivity index (χ3n) is 6.28. The molecule has 0 amide bonds. The van der Waals surface area contributed by atoms with E-state index in [1.54, 1.807) is 4.50 Å². The van der Waals surface area contributed by atoms with Gasteiger partial charge in [-0.15, -0.1) is 45.0 Å². The van der Waals surface area contributed by atoms with Crippen molar-refractivity contribution in [3.63, 3.8) is 0 Å². The highest BCUT2D eigenvalue weighted by Crippen LogP contribution is 2.40. The van der Waals surface area contributed by atoms with Gasteiger partial charge >= 0.3 is 0 Å². The van der Waals surface area contributed by atoms with Gasteiger partial charge in [-0.2, -0.15) is 0 Å². The first-order chi connectivity index (χ1) is 14.6. The van der Waals surface area contributed by atoms with Crippen molar-refractivity contribution in [1.82, 2.24) is 0 Å². The van der Waals surface area contributed by atoms with E-state index in [1.165, 1.54) is 53.4 Å². The van der Waals surface area contributed by atoms with E-state index in [9.17, 15) is 0 Å². The molecule has 0 saturated carbocycles. The van der Waals surface area contributed by atoms with Crippen LogP contribution >= 0.6 is 45.0 Å². The third-order valence-corrected chi connectivity index (χ3v) is 28.5. The molecule has 1 aliphatic rings. The van der Waals surface area contributed by atoms with E-state index >= 15 is 0 Å². The van der Waals surface area contributed by atoms with E-state index in [4.69, 9.17) is 0 Å². The normalized spacial score (nSPS) is 13.8. The molecular weight excluding hydrogens is 473 g/mol. The molecule has 0 fully saturated rings. The van der Waals surface area contributed by atoms with Gasteiger partial charge in [0.25, 0.3) is 0 Å². The zero-order valence-corrected chi connectivity index (χ0v) is 23.4. The molecular formula is C24H29S4Si2. The third kappa shape index (κ3) is 4.15. The number of hydrogen-bond donors (Lipinski definition) is 0. The Kier molecular flexibility index (Phi) is 7.32. The first-order valence-corrected chi connectivity index (χ1v) is 19.5. The molecule has 4 rings (SSSR count). The maximum atomic E-state index is 2.51. The van der Waals surface area contributed by atoms with Gasteiger partial charge in [-0.25, -0.2) is 0 Å². The highest BCUT2D eigenvalue weighted by atomic mass is 32.1. The molecule has 157 valence electrons. The molecule has 0 unspecified atom stereocenters. The predicted molar refractivity (Wildman–Crippen MR) is 151 cm³/mol. The van der Waals surface area contributed by atoms with Crippen LogP contribution in [0.3, 0.4) is 0 Å². The summed E-state index contributed by atoms with van der Waals surface area (Å²) in [5.41, 5.74) is 0. The van der Waals surface area contributed by atoms with Crippen molar-refractivity contribution in [2.24, 2.45) is 0 Å². The van der Waals surface area contributed by atoms with Gasteiger partial charge in [-0.05, 0) is 46.3 Å². The summed E-state index contributed by atoms with van der Waals surface area (Å²) >= 11 is 5.99.